The third-order valence-corrected chi connectivity index (χ3v) is 5.39. The van der Waals surface area contributed by atoms with Crippen LogP contribution in [0.5, 0.6) is 0 Å². The number of non-ortho nitro benzene ring substituents is 1. The number of carbonyl (C=O) groups excluding carboxylic acids is 1. The van der Waals surface area contributed by atoms with E-state index < -0.39 is 4.92 Å². The normalized spacial score (nSPS) is 13.5. The van der Waals surface area contributed by atoms with Gasteiger partial charge in [-0.15, -0.1) is 11.8 Å². The smallest absolute Gasteiger partial charge is 0.269 e. The number of thioether (sulfide) groups is 1. The molecule has 0 aliphatic carbocycles. The van der Waals surface area contributed by atoms with Crippen molar-refractivity contribution in [3.05, 3.63) is 62.6 Å². The van der Waals surface area contributed by atoms with Gasteiger partial charge in [0, 0.05) is 33.7 Å². The van der Waals surface area contributed by atoms with Crippen molar-refractivity contribution in [2.45, 2.75) is 17.7 Å². The van der Waals surface area contributed by atoms with Gasteiger partial charge in [-0.1, -0.05) is 15.9 Å². The van der Waals surface area contributed by atoms with E-state index in [1.54, 1.807) is 17.0 Å². The highest BCUT2D eigenvalue weighted by Gasteiger charge is 2.24. The van der Waals surface area contributed by atoms with Gasteiger partial charge in [0.05, 0.1) is 10.7 Å². The summed E-state index contributed by atoms with van der Waals surface area (Å²) in [5.41, 5.74) is 1.75. The van der Waals surface area contributed by atoms with Crippen LogP contribution in [0.2, 0.25) is 0 Å². The highest BCUT2D eigenvalue weighted by Crippen LogP contribution is 2.31. The number of nitro groups is 1. The molecule has 0 saturated heterocycles. The second-order valence-corrected chi connectivity index (χ2v) is 7.43. The number of rotatable bonds is 4. The van der Waals surface area contributed by atoms with E-state index in [9.17, 15) is 14.9 Å². The average molecular weight is 407 g/mol. The summed E-state index contributed by atoms with van der Waals surface area (Å²) >= 11 is 4.88. The summed E-state index contributed by atoms with van der Waals surface area (Å²) in [7, 11) is 0. The molecule has 0 bridgehead atoms. The first-order chi connectivity index (χ1) is 11.5. The first-order valence-corrected chi connectivity index (χ1v) is 9.28. The molecule has 0 saturated carbocycles. The SMILES string of the molecule is O=C(CSc1ccc(Br)cc1)N1CCCc2cc([N+](=O)[O-])ccc21. The summed E-state index contributed by atoms with van der Waals surface area (Å²) in [6, 6.07) is 12.6. The Morgan fingerprint density at radius 2 is 2.00 bits per heavy atom. The Labute approximate surface area is 152 Å². The van der Waals surface area contributed by atoms with E-state index >= 15 is 0 Å². The molecule has 1 heterocycles. The highest BCUT2D eigenvalue weighted by molar-refractivity contribution is 9.10. The molecule has 0 N–H and O–H groups in total. The van der Waals surface area contributed by atoms with Crippen molar-refractivity contribution in [1.82, 2.24) is 0 Å². The number of nitrogens with zero attached hydrogens (tertiary/aromatic N) is 2. The molecule has 0 fully saturated rings. The summed E-state index contributed by atoms with van der Waals surface area (Å²) in [5, 5.41) is 10.9. The number of fused-ring (bicyclic) bond motifs is 1. The van der Waals surface area contributed by atoms with E-state index in [0.717, 1.165) is 33.5 Å². The zero-order valence-electron chi connectivity index (χ0n) is 12.8. The van der Waals surface area contributed by atoms with E-state index in [1.165, 1.54) is 17.8 Å². The highest BCUT2D eigenvalue weighted by atomic mass is 79.9. The molecule has 1 aliphatic rings. The number of hydrogen-bond donors (Lipinski definition) is 0. The first-order valence-electron chi connectivity index (χ1n) is 7.50. The molecule has 0 aromatic heterocycles. The van der Waals surface area contributed by atoms with Crippen LogP contribution < -0.4 is 4.90 Å². The molecule has 0 radical (unpaired) electrons. The number of nitro benzene ring substituents is 1. The molecule has 0 unspecified atom stereocenters. The lowest BCUT2D eigenvalue weighted by atomic mass is 10.0. The number of anilines is 1. The van der Waals surface area contributed by atoms with Crippen LogP contribution in [-0.2, 0) is 11.2 Å². The Hall–Kier alpha value is -1.86. The van der Waals surface area contributed by atoms with Gasteiger partial charge in [0.15, 0.2) is 0 Å². The van der Waals surface area contributed by atoms with Gasteiger partial charge in [0.2, 0.25) is 5.91 Å². The molecule has 0 atom stereocenters. The summed E-state index contributed by atoms with van der Waals surface area (Å²) in [5.74, 6) is 0.371. The monoisotopic (exact) mass is 406 g/mol. The van der Waals surface area contributed by atoms with Crippen molar-refractivity contribution in [3.8, 4) is 0 Å². The van der Waals surface area contributed by atoms with Gasteiger partial charge in [-0.05, 0) is 48.7 Å². The van der Waals surface area contributed by atoms with E-state index in [0.29, 0.717) is 12.3 Å². The minimum absolute atomic E-state index is 0.0257. The average Bonchev–Trinajstić information content (AvgIpc) is 2.60. The van der Waals surface area contributed by atoms with Crippen LogP contribution in [0.3, 0.4) is 0 Å². The largest absolute Gasteiger partial charge is 0.311 e. The zero-order valence-corrected chi connectivity index (χ0v) is 15.2. The summed E-state index contributed by atoms with van der Waals surface area (Å²) < 4.78 is 1.00. The lowest BCUT2D eigenvalue weighted by molar-refractivity contribution is -0.384. The molecule has 2 aromatic rings. The molecular formula is C17H15BrN2O3S. The van der Waals surface area contributed by atoms with Gasteiger partial charge in [-0.25, -0.2) is 0 Å². The van der Waals surface area contributed by atoms with Crippen LogP contribution in [0.15, 0.2) is 51.8 Å². The molecule has 0 spiro atoms. The van der Waals surface area contributed by atoms with Gasteiger partial charge in [-0.2, -0.15) is 0 Å². The standard InChI is InChI=1S/C17H15BrN2O3S/c18-13-3-6-15(7-4-13)24-11-17(21)19-9-1-2-12-10-14(20(22)23)5-8-16(12)19/h3-8,10H,1-2,9,11H2. The number of halogens is 1. The molecule has 3 rings (SSSR count). The van der Waals surface area contributed by atoms with Crippen molar-refractivity contribution in [3.63, 3.8) is 0 Å². The maximum Gasteiger partial charge on any atom is 0.269 e. The minimum atomic E-state index is -0.398. The third kappa shape index (κ3) is 3.79. The molecule has 24 heavy (non-hydrogen) atoms. The van der Waals surface area contributed by atoms with Gasteiger partial charge in [0.1, 0.15) is 0 Å². The number of amides is 1. The Bertz CT molecular complexity index is 780. The van der Waals surface area contributed by atoms with Crippen LogP contribution in [0.1, 0.15) is 12.0 Å². The van der Waals surface area contributed by atoms with Crippen molar-refractivity contribution < 1.29 is 9.72 Å². The Kier molecular flexibility index (Phi) is 5.20. The number of carbonyl (C=O) groups is 1. The lowest BCUT2D eigenvalue weighted by Crippen LogP contribution is -2.36. The topological polar surface area (TPSA) is 63.5 Å². The quantitative estimate of drug-likeness (QED) is 0.427. The second-order valence-electron chi connectivity index (χ2n) is 5.46. The predicted octanol–water partition coefficient (Wildman–Crippen LogP) is 4.43. The number of hydrogen-bond acceptors (Lipinski definition) is 4. The van der Waals surface area contributed by atoms with Crippen LogP contribution in [-0.4, -0.2) is 23.1 Å². The maximum atomic E-state index is 12.6. The van der Waals surface area contributed by atoms with Crippen molar-refractivity contribution in [1.29, 1.82) is 0 Å². The van der Waals surface area contributed by atoms with E-state index in [2.05, 4.69) is 15.9 Å². The number of aryl methyl sites for hydroxylation is 1. The molecule has 124 valence electrons. The summed E-state index contributed by atoms with van der Waals surface area (Å²) in [6.45, 7) is 0.657. The van der Waals surface area contributed by atoms with Gasteiger partial charge >= 0.3 is 0 Å². The van der Waals surface area contributed by atoms with Crippen LogP contribution in [0.25, 0.3) is 0 Å². The molecule has 2 aromatic carbocycles. The Morgan fingerprint density at radius 3 is 2.71 bits per heavy atom. The van der Waals surface area contributed by atoms with Crippen LogP contribution >= 0.6 is 27.7 Å². The molecule has 1 aliphatic heterocycles. The summed E-state index contributed by atoms with van der Waals surface area (Å²) in [6.07, 6.45) is 1.59. The van der Waals surface area contributed by atoms with Crippen LogP contribution in [0, 0.1) is 10.1 Å². The molecule has 5 nitrogen and oxygen atoms in total. The lowest BCUT2D eigenvalue weighted by Gasteiger charge is -2.29. The zero-order chi connectivity index (χ0) is 17.1. The second kappa shape index (κ2) is 7.36. The van der Waals surface area contributed by atoms with Crippen molar-refractivity contribution in [2.24, 2.45) is 0 Å². The van der Waals surface area contributed by atoms with Gasteiger partial charge < -0.3 is 4.90 Å². The molecular weight excluding hydrogens is 392 g/mol. The maximum absolute atomic E-state index is 12.6. The fraction of sp³-hybridized carbons (Fsp3) is 0.235. The molecule has 1 amide bonds. The van der Waals surface area contributed by atoms with E-state index in [-0.39, 0.29) is 11.6 Å². The van der Waals surface area contributed by atoms with Crippen molar-refractivity contribution >= 4 is 45.0 Å². The summed E-state index contributed by atoms with van der Waals surface area (Å²) in [4.78, 5) is 25.9. The fourth-order valence-corrected chi connectivity index (χ4v) is 3.75. The van der Waals surface area contributed by atoms with Gasteiger partial charge in [0.25, 0.3) is 5.69 Å². The number of benzene rings is 2. The fourth-order valence-electron chi connectivity index (χ4n) is 2.71. The Morgan fingerprint density at radius 1 is 1.25 bits per heavy atom. The first kappa shape index (κ1) is 17.0. The van der Waals surface area contributed by atoms with E-state index in [4.69, 9.17) is 0 Å². The molecule has 7 heteroatoms. The van der Waals surface area contributed by atoms with Crippen molar-refractivity contribution in [2.75, 3.05) is 17.2 Å². The van der Waals surface area contributed by atoms with E-state index in [1.807, 2.05) is 24.3 Å². The van der Waals surface area contributed by atoms with Gasteiger partial charge in [-0.3, -0.25) is 14.9 Å². The third-order valence-electron chi connectivity index (χ3n) is 3.87. The van der Waals surface area contributed by atoms with Crippen LogP contribution in [0.4, 0.5) is 11.4 Å². The Balaban J connectivity index is 1.72. The predicted molar refractivity (Wildman–Crippen MR) is 98.6 cm³/mol. The minimum Gasteiger partial charge on any atom is -0.311 e.